The number of aromatic nitrogens is 1. The first-order valence-electron chi connectivity index (χ1n) is 14.4. The Balaban J connectivity index is 1.15. The maximum Gasteiger partial charge on any atom is 0.276 e. The predicted molar refractivity (Wildman–Crippen MR) is 160 cm³/mol. The minimum absolute atomic E-state index is 0.0366. The summed E-state index contributed by atoms with van der Waals surface area (Å²) in [7, 11) is 0. The Morgan fingerprint density at radius 2 is 1.81 bits per heavy atom. The van der Waals surface area contributed by atoms with E-state index in [9.17, 15) is 9.59 Å². The minimum Gasteiger partial charge on any atom is -0.394 e. The van der Waals surface area contributed by atoms with E-state index < -0.39 is 30.4 Å². The number of nitrogens with one attached hydrogen (secondary N) is 1. The van der Waals surface area contributed by atoms with E-state index in [4.69, 9.17) is 22.4 Å². The number of alkyl halides is 2. The van der Waals surface area contributed by atoms with E-state index in [1.807, 2.05) is 34.1 Å². The van der Waals surface area contributed by atoms with E-state index in [-0.39, 0.29) is 35.5 Å². The number of hydrogen-bond donors (Lipinski definition) is 3. The number of pyridine rings is 1. The Hall–Kier alpha value is -2.51. The maximum atomic E-state index is 15.7. The number of benzene rings is 1. The normalized spacial score (nSPS) is 22.8. The smallest absolute Gasteiger partial charge is 0.276 e. The lowest BCUT2D eigenvalue weighted by Crippen LogP contribution is -2.48. The zero-order valence-corrected chi connectivity index (χ0v) is 24.9. The summed E-state index contributed by atoms with van der Waals surface area (Å²) in [6.07, 6.45) is 2.81. The summed E-state index contributed by atoms with van der Waals surface area (Å²) in [4.78, 5) is 33.2. The highest BCUT2D eigenvalue weighted by Crippen LogP contribution is 2.45. The highest BCUT2D eigenvalue weighted by Gasteiger charge is 2.44. The van der Waals surface area contributed by atoms with Gasteiger partial charge in [0.2, 0.25) is 11.8 Å². The number of nitrogens with two attached hydrogens (primary N) is 1. The van der Waals surface area contributed by atoms with Crippen LogP contribution in [0.2, 0.25) is 5.15 Å². The van der Waals surface area contributed by atoms with Gasteiger partial charge in [0.05, 0.1) is 6.61 Å². The Morgan fingerprint density at radius 3 is 2.43 bits per heavy atom. The molecule has 1 atom stereocenters. The molecule has 0 spiro atoms. The number of carbonyl (C=O) groups is 2. The average molecular weight is 623 g/mol. The summed E-state index contributed by atoms with van der Waals surface area (Å²) in [6.45, 7) is 2.97. The molecule has 2 aliphatic heterocycles. The van der Waals surface area contributed by atoms with Crippen LogP contribution >= 0.6 is 23.5 Å². The molecule has 3 aliphatic rings. The fourth-order valence-electron chi connectivity index (χ4n) is 5.83. The molecule has 2 saturated heterocycles. The fraction of sp³-hybridized carbons (Fsp3) is 0.552. The van der Waals surface area contributed by atoms with Crippen LogP contribution in [0.3, 0.4) is 0 Å². The van der Waals surface area contributed by atoms with E-state index >= 15 is 8.78 Å². The van der Waals surface area contributed by atoms with E-state index in [0.717, 1.165) is 23.5 Å². The SMILES string of the molecule is NC(CO)C(=O)NC1CCC(C(F)(F)c2cc(Cl)nc(N3CCN(Sc4ccc(N5CCCC5=O)cc4)CC3)c2)CC1. The van der Waals surface area contributed by atoms with Gasteiger partial charge in [-0.1, -0.05) is 11.6 Å². The number of halogens is 3. The van der Waals surface area contributed by atoms with Gasteiger partial charge in [0.1, 0.15) is 17.0 Å². The van der Waals surface area contributed by atoms with Gasteiger partial charge in [0.15, 0.2) is 0 Å². The molecule has 0 radical (unpaired) electrons. The molecule has 42 heavy (non-hydrogen) atoms. The molecule has 5 rings (SSSR count). The standard InChI is InChI=1S/C29H37ClF2N6O3S/c30-25-16-20(29(31,32)19-3-5-21(6-4-19)34-28(41)24(33)18-39)17-26(35-25)36-12-14-37(15-13-36)42-23-9-7-22(8-10-23)38-11-1-2-27(38)40/h7-10,16-17,19,21,24,39H,1-6,11-15,18,33H2,(H,34,41). The van der Waals surface area contributed by atoms with Crippen LogP contribution in [-0.2, 0) is 15.5 Å². The Bertz CT molecular complexity index is 1260. The second-order valence-corrected chi connectivity index (χ2v) is 12.7. The number of rotatable bonds is 9. The number of nitrogens with zero attached hydrogens (tertiary/aromatic N) is 4. The third-order valence-corrected chi connectivity index (χ3v) is 9.60. The molecule has 1 aliphatic carbocycles. The van der Waals surface area contributed by atoms with E-state index in [1.54, 1.807) is 11.9 Å². The quantitative estimate of drug-likeness (QED) is 0.286. The number of piperazine rings is 1. The first-order valence-corrected chi connectivity index (χ1v) is 15.6. The minimum atomic E-state index is -3.10. The first-order chi connectivity index (χ1) is 20.1. The van der Waals surface area contributed by atoms with Gasteiger partial charge in [-0.3, -0.25) is 9.59 Å². The third kappa shape index (κ3) is 7.16. The highest BCUT2D eigenvalue weighted by atomic mass is 35.5. The molecule has 3 fully saturated rings. The monoisotopic (exact) mass is 622 g/mol. The molecule has 1 saturated carbocycles. The molecule has 1 unspecified atom stereocenters. The van der Waals surface area contributed by atoms with Crippen molar-refractivity contribution >= 4 is 46.9 Å². The molecular formula is C29H37ClF2N6O3S. The number of aliphatic hydroxyl groups is 1. The molecule has 0 bridgehead atoms. The molecule has 2 aromatic rings. The summed E-state index contributed by atoms with van der Waals surface area (Å²) in [6, 6.07) is 9.48. The predicted octanol–water partition coefficient (Wildman–Crippen LogP) is 3.78. The molecule has 1 aromatic heterocycles. The van der Waals surface area contributed by atoms with Gasteiger partial charge in [-0.2, -0.15) is 0 Å². The molecule has 1 aromatic carbocycles. The van der Waals surface area contributed by atoms with Crippen molar-refractivity contribution in [1.82, 2.24) is 14.6 Å². The van der Waals surface area contributed by atoms with E-state index in [2.05, 4.69) is 14.6 Å². The average Bonchev–Trinajstić information content (AvgIpc) is 3.43. The number of anilines is 2. The van der Waals surface area contributed by atoms with Gasteiger partial charge in [-0.15, -0.1) is 0 Å². The number of hydrogen-bond acceptors (Lipinski definition) is 8. The van der Waals surface area contributed by atoms with Crippen molar-refractivity contribution in [3.8, 4) is 0 Å². The molecule has 228 valence electrons. The van der Waals surface area contributed by atoms with Crippen LogP contribution in [0, 0.1) is 5.92 Å². The summed E-state index contributed by atoms with van der Waals surface area (Å²) in [5.41, 5.74) is 6.33. The Labute approximate surface area is 253 Å². The largest absolute Gasteiger partial charge is 0.394 e. The van der Waals surface area contributed by atoms with Gasteiger partial charge in [-0.05, 0) is 80.5 Å². The zero-order chi connectivity index (χ0) is 29.9. The summed E-state index contributed by atoms with van der Waals surface area (Å²) in [5, 5.41) is 11.8. The Morgan fingerprint density at radius 1 is 1.12 bits per heavy atom. The number of carbonyl (C=O) groups excluding carboxylic acids is 2. The Kier molecular flexibility index (Phi) is 9.88. The summed E-state index contributed by atoms with van der Waals surface area (Å²) in [5.74, 6) is -3.83. The highest BCUT2D eigenvalue weighted by molar-refractivity contribution is 7.97. The second kappa shape index (κ2) is 13.4. The van der Waals surface area contributed by atoms with Crippen molar-refractivity contribution in [2.75, 3.05) is 49.1 Å². The van der Waals surface area contributed by atoms with Crippen molar-refractivity contribution in [1.29, 1.82) is 0 Å². The lowest BCUT2D eigenvalue weighted by Gasteiger charge is -2.36. The van der Waals surface area contributed by atoms with Crippen molar-refractivity contribution in [2.45, 2.75) is 61.4 Å². The lowest BCUT2D eigenvalue weighted by molar-refractivity contribution is -0.124. The van der Waals surface area contributed by atoms with Crippen LogP contribution in [0.25, 0.3) is 0 Å². The van der Waals surface area contributed by atoms with Crippen LogP contribution < -0.4 is 20.9 Å². The molecule has 3 heterocycles. The number of aliphatic hydroxyl groups excluding tert-OH is 1. The summed E-state index contributed by atoms with van der Waals surface area (Å²) >= 11 is 7.89. The van der Waals surface area contributed by atoms with Crippen LogP contribution in [-0.4, -0.2) is 77.6 Å². The van der Waals surface area contributed by atoms with Crippen LogP contribution in [0.4, 0.5) is 20.3 Å². The summed E-state index contributed by atoms with van der Waals surface area (Å²) < 4.78 is 33.7. The molecule has 9 nitrogen and oxygen atoms in total. The molecule has 2 amide bonds. The maximum absolute atomic E-state index is 15.7. The van der Waals surface area contributed by atoms with E-state index in [1.165, 1.54) is 12.1 Å². The van der Waals surface area contributed by atoms with Gasteiger partial charge in [0.25, 0.3) is 5.92 Å². The van der Waals surface area contributed by atoms with Crippen molar-refractivity contribution in [3.05, 3.63) is 47.1 Å². The van der Waals surface area contributed by atoms with Crippen LogP contribution in [0.15, 0.2) is 41.3 Å². The van der Waals surface area contributed by atoms with Crippen molar-refractivity contribution in [2.24, 2.45) is 11.7 Å². The lowest BCUT2D eigenvalue weighted by atomic mass is 9.80. The van der Waals surface area contributed by atoms with Crippen molar-refractivity contribution < 1.29 is 23.5 Å². The van der Waals surface area contributed by atoms with Gasteiger partial charge in [-0.25, -0.2) is 18.1 Å². The van der Waals surface area contributed by atoms with Gasteiger partial charge >= 0.3 is 0 Å². The third-order valence-electron chi connectivity index (χ3n) is 8.30. The van der Waals surface area contributed by atoms with E-state index in [0.29, 0.717) is 51.3 Å². The zero-order valence-electron chi connectivity index (χ0n) is 23.4. The fourth-order valence-corrected chi connectivity index (χ4v) is 6.94. The first kappa shape index (κ1) is 30.9. The van der Waals surface area contributed by atoms with Crippen molar-refractivity contribution in [3.63, 3.8) is 0 Å². The van der Waals surface area contributed by atoms with Crippen LogP contribution in [0.1, 0.15) is 44.1 Å². The van der Waals surface area contributed by atoms with Gasteiger partial charge < -0.3 is 26.0 Å². The molecule has 13 heteroatoms. The van der Waals surface area contributed by atoms with Crippen LogP contribution in [0.5, 0.6) is 0 Å². The topological polar surface area (TPSA) is 115 Å². The number of amides is 2. The molecule has 4 N–H and O–H groups in total. The molecular weight excluding hydrogens is 586 g/mol. The second-order valence-electron chi connectivity index (χ2n) is 11.2. The van der Waals surface area contributed by atoms with Gasteiger partial charge in [0, 0.05) is 67.3 Å².